The van der Waals surface area contributed by atoms with Crippen molar-refractivity contribution in [2.24, 2.45) is 5.92 Å². The minimum absolute atomic E-state index is 0.00434. The zero-order chi connectivity index (χ0) is 39.5. The fraction of sp³-hybridized carbons (Fsp3) is 0.415. The van der Waals surface area contributed by atoms with Crippen molar-refractivity contribution in [3.8, 4) is 22.5 Å². The van der Waals surface area contributed by atoms with Crippen LogP contribution in [0.25, 0.3) is 54.0 Å². The van der Waals surface area contributed by atoms with Crippen molar-refractivity contribution in [3.05, 3.63) is 60.2 Å². The van der Waals surface area contributed by atoms with Gasteiger partial charge in [-0.3, -0.25) is 13.1 Å². The van der Waals surface area contributed by atoms with Crippen molar-refractivity contribution < 1.29 is 18.3 Å². The molecule has 300 valence electrons. The second-order valence-corrected chi connectivity index (χ2v) is 21.4. The zero-order valence-electron chi connectivity index (χ0n) is 31.7. The number of fused-ring (bicyclic) bond motifs is 3. The van der Waals surface area contributed by atoms with Gasteiger partial charge >= 0.3 is 0 Å². The van der Waals surface area contributed by atoms with Gasteiger partial charge in [-0.1, -0.05) is 12.8 Å². The zero-order valence-corrected chi connectivity index (χ0v) is 35.0. The maximum absolute atomic E-state index is 14.0. The number of hydrogen-bond donors (Lipinski definition) is 3. The number of rotatable bonds is 14. The van der Waals surface area contributed by atoms with Gasteiger partial charge in [-0.25, -0.2) is 15.0 Å². The summed E-state index contributed by atoms with van der Waals surface area (Å²) in [5, 5.41) is 24.5. The van der Waals surface area contributed by atoms with E-state index in [1.54, 1.807) is 23.3 Å². The molecule has 3 saturated carbocycles. The van der Waals surface area contributed by atoms with Crippen molar-refractivity contribution >= 4 is 87.1 Å². The molecule has 0 amide bonds. The number of aliphatic hydroxyl groups is 1. The smallest absolute Gasteiger partial charge is 0.181 e. The van der Waals surface area contributed by atoms with E-state index >= 15 is 0 Å². The van der Waals surface area contributed by atoms with Crippen LogP contribution in [0.5, 0.6) is 0 Å². The Hall–Kier alpha value is -4.26. The first-order valence-electron chi connectivity index (χ1n) is 19.9. The number of ether oxygens (including phenoxy) is 1. The van der Waals surface area contributed by atoms with E-state index in [2.05, 4.69) is 32.4 Å². The Bertz CT molecular complexity index is 2720. The Balaban J connectivity index is 0.789. The van der Waals surface area contributed by atoms with E-state index in [1.165, 1.54) is 46.6 Å². The maximum atomic E-state index is 14.0. The van der Waals surface area contributed by atoms with Crippen molar-refractivity contribution in [1.29, 1.82) is 0 Å². The van der Waals surface area contributed by atoms with Crippen LogP contribution >= 0.6 is 22.7 Å². The van der Waals surface area contributed by atoms with Gasteiger partial charge in [0.25, 0.3) is 0 Å². The summed E-state index contributed by atoms with van der Waals surface area (Å²) in [5.74, 6) is 1.44. The molecule has 7 aromatic rings. The minimum atomic E-state index is -1.33. The SMILES string of the molecule is Nc1c(S(=O)CCOCC2CC(S(=O)c3sc4nc(-c5cnc6nn(CCO)cc6c5)cc(C5CCC5)c4c3N)C2)sc2nc(-c3ccnnc3)cc(C3CCC3)c12. The number of pyridine rings is 3. The quantitative estimate of drug-likeness (QED) is 0.0934. The molecule has 10 rings (SSSR count). The van der Waals surface area contributed by atoms with E-state index in [0.717, 1.165) is 86.9 Å². The average molecular weight is 854 g/mol. The molecule has 3 aliphatic rings. The third-order valence-electron chi connectivity index (χ3n) is 12.0. The Morgan fingerprint density at radius 1 is 0.862 bits per heavy atom. The van der Waals surface area contributed by atoms with Crippen molar-refractivity contribution in [2.45, 2.75) is 83.4 Å². The van der Waals surface area contributed by atoms with E-state index < -0.39 is 21.6 Å². The average Bonchev–Trinajstić information content (AvgIpc) is 3.84. The van der Waals surface area contributed by atoms with Gasteiger partial charge in [0.2, 0.25) is 0 Å². The number of aliphatic hydroxyl groups excluding tert-OH is 1. The van der Waals surface area contributed by atoms with Crippen LogP contribution in [0.3, 0.4) is 0 Å². The first-order chi connectivity index (χ1) is 28.3. The normalized spacial score (nSPS) is 19.7. The third kappa shape index (κ3) is 6.92. The van der Waals surface area contributed by atoms with Crippen LogP contribution in [0.1, 0.15) is 74.3 Å². The fourth-order valence-corrected chi connectivity index (χ4v) is 14.2. The summed E-state index contributed by atoms with van der Waals surface area (Å²) in [4.78, 5) is 16.2. The van der Waals surface area contributed by atoms with Gasteiger partial charge in [-0.2, -0.15) is 15.3 Å². The molecule has 5 N–H and O–H groups in total. The Kier molecular flexibility index (Phi) is 10.3. The molecular formula is C41H43N9O4S4. The first-order valence-corrected chi connectivity index (χ1v) is 24.0. The first kappa shape index (κ1) is 38.0. The molecular weight excluding hydrogens is 811 g/mol. The van der Waals surface area contributed by atoms with Gasteiger partial charge < -0.3 is 21.3 Å². The van der Waals surface area contributed by atoms with Gasteiger partial charge in [-0.05, 0) is 91.7 Å². The molecule has 58 heavy (non-hydrogen) atoms. The molecule has 3 fully saturated rings. The summed E-state index contributed by atoms with van der Waals surface area (Å²) in [5.41, 5.74) is 21.1. The lowest BCUT2D eigenvalue weighted by molar-refractivity contribution is 0.0823. The number of nitrogens with zero attached hydrogens (tertiary/aromatic N) is 7. The van der Waals surface area contributed by atoms with Gasteiger partial charge in [0, 0.05) is 51.5 Å². The summed E-state index contributed by atoms with van der Waals surface area (Å²) in [6.07, 6.45) is 15.4. The highest BCUT2D eigenvalue weighted by atomic mass is 32.2. The summed E-state index contributed by atoms with van der Waals surface area (Å²) < 4.78 is 36.8. The predicted molar refractivity (Wildman–Crippen MR) is 231 cm³/mol. The number of nitrogens with two attached hydrogens (primary N) is 2. The number of hydrogen-bond acceptors (Lipinski definition) is 14. The van der Waals surface area contributed by atoms with Gasteiger partial charge in [0.05, 0.1) is 82.3 Å². The molecule has 17 heteroatoms. The molecule has 2 unspecified atom stereocenters. The van der Waals surface area contributed by atoms with Gasteiger partial charge in [0.1, 0.15) is 18.1 Å². The van der Waals surface area contributed by atoms with Crippen LogP contribution in [0.2, 0.25) is 0 Å². The summed E-state index contributed by atoms with van der Waals surface area (Å²) in [6.45, 7) is 1.28. The Labute approximate surface area is 347 Å². The fourth-order valence-electron chi connectivity index (χ4n) is 8.33. The van der Waals surface area contributed by atoms with E-state index in [-0.39, 0.29) is 17.8 Å². The molecule has 3 aliphatic carbocycles. The monoisotopic (exact) mass is 853 g/mol. The highest BCUT2D eigenvalue weighted by molar-refractivity contribution is 7.88. The molecule has 0 aliphatic heterocycles. The Morgan fingerprint density at radius 3 is 2.17 bits per heavy atom. The molecule has 0 saturated heterocycles. The number of nitrogen functional groups attached to an aromatic ring is 2. The van der Waals surface area contributed by atoms with Gasteiger partial charge in [-0.15, -0.1) is 22.7 Å². The number of anilines is 2. The van der Waals surface area contributed by atoms with Crippen LogP contribution < -0.4 is 11.5 Å². The summed E-state index contributed by atoms with van der Waals surface area (Å²) in [6, 6.07) is 8.20. The van der Waals surface area contributed by atoms with Crippen LogP contribution in [0.15, 0.2) is 57.5 Å². The highest BCUT2D eigenvalue weighted by Crippen LogP contribution is 2.49. The minimum Gasteiger partial charge on any atom is -0.396 e. The standard InChI is InChI=1S/C41H43N9O4S4/c42-35-33-29(23-3-1-4-23)16-31(25-7-8-45-46-19-25)47-38(33)55-40(35)57(52)12-11-54-21-22-13-28(14-22)58(53)41-36(43)34-30(24-5-2-6-24)17-32(48-39(34)56-41)26-15-27-20-50(9-10-51)49-37(27)44-18-26/h7-8,15-20,22-24,28,51H,1-6,9-14,21,42-43H2. The topological polar surface area (TPSA) is 198 Å². The van der Waals surface area contributed by atoms with E-state index in [0.29, 0.717) is 62.8 Å². The largest absolute Gasteiger partial charge is 0.396 e. The maximum Gasteiger partial charge on any atom is 0.181 e. The molecule has 7 heterocycles. The van der Waals surface area contributed by atoms with Crippen LogP contribution in [0, 0.1) is 5.92 Å². The lowest BCUT2D eigenvalue weighted by Gasteiger charge is -2.34. The summed E-state index contributed by atoms with van der Waals surface area (Å²) >= 11 is 2.86. The molecule has 2 atom stereocenters. The molecule has 7 aromatic heterocycles. The van der Waals surface area contributed by atoms with Crippen molar-refractivity contribution in [2.75, 3.05) is 37.0 Å². The van der Waals surface area contributed by atoms with Crippen molar-refractivity contribution in [1.82, 2.24) is 34.9 Å². The molecule has 0 bridgehead atoms. The Morgan fingerprint density at radius 2 is 1.53 bits per heavy atom. The molecule has 0 aromatic carbocycles. The molecule has 0 radical (unpaired) electrons. The van der Waals surface area contributed by atoms with Crippen LogP contribution in [0.4, 0.5) is 11.4 Å². The molecule has 0 spiro atoms. The molecule has 13 nitrogen and oxygen atoms in total. The van der Waals surface area contributed by atoms with Gasteiger partial charge in [0.15, 0.2) is 5.65 Å². The second-order valence-electron chi connectivity index (χ2n) is 15.7. The highest BCUT2D eigenvalue weighted by Gasteiger charge is 2.37. The third-order valence-corrected chi connectivity index (χ3v) is 18.1. The lowest BCUT2D eigenvalue weighted by atomic mass is 9.79. The second kappa shape index (κ2) is 15.7. The van der Waals surface area contributed by atoms with E-state index in [9.17, 15) is 13.5 Å². The number of thiophene rings is 2. The van der Waals surface area contributed by atoms with E-state index in [1.807, 2.05) is 18.3 Å². The summed E-state index contributed by atoms with van der Waals surface area (Å²) in [7, 11) is -2.60. The van der Waals surface area contributed by atoms with Crippen molar-refractivity contribution in [3.63, 3.8) is 0 Å². The van der Waals surface area contributed by atoms with E-state index in [4.69, 9.17) is 26.2 Å². The number of aromatic nitrogens is 7. The van der Waals surface area contributed by atoms with Crippen LogP contribution in [-0.4, -0.2) is 79.3 Å². The lowest BCUT2D eigenvalue weighted by Crippen LogP contribution is -2.35. The predicted octanol–water partition coefficient (Wildman–Crippen LogP) is 7.18. The van der Waals surface area contributed by atoms with Crippen LogP contribution in [-0.2, 0) is 32.9 Å².